The lowest BCUT2D eigenvalue weighted by Gasteiger charge is -2.31. The minimum Gasteiger partial charge on any atom is -0.390 e. The Bertz CT molecular complexity index is 840. The van der Waals surface area contributed by atoms with Crippen molar-refractivity contribution in [1.29, 1.82) is 0 Å². The number of aliphatic hydroxyl groups excluding tert-OH is 3. The van der Waals surface area contributed by atoms with Gasteiger partial charge >= 0.3 is 0 Å². The average Bonchev–Trinajstić information content (AvgIpc) is 2.51. The molecule has 0 aromatic heterocycles. The van der Waals surface area contributed by atoms with E-state index in [1.807, 2.05) is 24.3 Å². The average molecular weight is 280 g/mol. The predicted molar refractivity (Wildman–Crippen MR) is 82.1 cm³/mol. The van der Waals surface area contributed by atoms with Crippen LogP contribution in [0.3, 0.4) is 0 Å². The highest BCUT2D eigenvalue weighted by Crippen LogP contribution is 2.36. The van der Waals surface area contributed by atoms with Crippen molar-refractivity contribution in [3.8, 4) is 0 Å². The van der Waals surface area contributed by atoms with Gasteiger partial charge in [-0.2, -0.15) is 0 Å². The third-order valence-corrected chi connectivity index (χ3v) is 4.48. The lowest BCUT2D eigenvalue weighted by molar-refractivity contribution is -0.0682. The summed E-state index contributed by atoms with van der Waals surface area (Å²) in [5, 5.41) is 34.4. The van der Waals surface area contributed by atoms with Gasteiger partial charge in [-0.25, -0.2) is 0 Å². The molecule has 3 nitrogen and oxygen atoms in total. The molecule has 3 aromatic carbocycles. The molecule has 21 heavy (non-hydrogen) atoms. The highest BCUT2D eigenvalue weighted by atomic mass is 16.4. The van der Waals surface area contributed by atoms with Gasteiger partial charge in [-0.15, -0.1) is 0 Å². The molecule has 0 spiro atoms. The van der Waals surface area contributed by atoms with Crippen LogP contribution in [0, 0.1) is 0 Å². The van der Waals surface area contributed by atoms with Gasteiger partial charge in [-0.1, -0.05) is 36.4 Å². The zero-order valence-corrected chi connectivity index (χ0v) is 11.4. The summed E-state index contributed by atoms with van der Waals surface area (Å²) in [5.74, 6) is 0. The second kappa shape index (κ2) is 4.53. The first-order chi connectivity index (χ1) is 10.1. The first kappa shape index (κ1) is 12.8. The zero-order valence-electron chi connectivity index (χ0n) is 11.4. The lowest BCUT2D eigenvalue weighted by Crippen LogP contribution is -2.38. The Morgan fingerprint density at radius 1 is 0.810 bits per heavy atom. The van der Waals surface area contributed by atoms with Crippen molar-refractivity contribution in [3.05, 3.63) is 59.7 Å². The van der Waals surface area contributed by atoms with Crippen LogP contribution in [0.25, 0.3) is 21.5 Å². The maximum atomic E-state index is 10.2. The molecule has 3 aromatic rings. The molecule has 3 N–H and O–H groups in total. The van der Waals surface area contributed by atoms with Crippen LogP contribution in [0.4, 0.5) is 0 Å². The first-order valence-corrected chi connectivity index (χ1v) is 7.13. The Balaban J connectivity index is 2.04. The van der Waals surface area contributed by atoms with Crippen LogP contribution >= 0.6 is 0 Å². The van der Waals surface area contributed by atoms with Gasteiger partial charge in [0.15, 0.2) is 0 Å². The quantitative estimate of drug-likeness (QED) is 0.554. The highest BCUT2D eigenvalue weighted by molar-refractivity contribution is 6.00. The van der Waals surface area contributed by atoms with Crippen LogP contribution < -0.4 is 0 Å². The minimum atomic E-state index is -1.12. The van der Waals surface area contributed by atoms with E-state index in [4.69, 9.17) is 0 Å². The SMILES string of the molecule is O[C@H]1[C@@H](O)Cc2c(ccc3cc4ccccc4cc23)[C@@H]1O. The van der Waals surface area contributed by atoms with Gasteiger partial charge in [0, 0.05) is 6.42 Å². The monoisotopic (exact) mass is 280 g/mol. The highest BCUT2D eigenvalue weighted by Gasteiger charge is 2.34. The second-order valence-corrected chi connectivity index (χ2v) is 5.76. The Morgan fingerprint density at radius 3 is 2.29 bits per heavy atom. The zero-order chi connectivity index (χ0) is 14.6. The van der Waals surface area contributed by atoms with Gasteiger partial charge in [-0.3, -0.25) is 0 Å². The van der Waals surface area contributed by atoms with Crippen molar-refractivity contribution in [1.82, 2.24) is 0 Å². The van der Waals surface area contributed by atoms with E-state index >= 15 is 0 Å². The molecule has 1 aliphatic carbocycles. The fourth-order valence-corrected chi connectivity index (χ4v) is 3.32. The van der Waals surface area contributed by atoms with Crippen molar-refractivity contribution in [2.75, 3.05) is 0 Å². The summed E-state index contributed by atoms with van der Waals surface area (Å²) in [4.78, 5) is 0. The van der Waals surface area contributed by atoms with E-state index in [-0.39, 0.29) is 0 Å². The third-order valence-electron chi connectivity index (χ3n) is 4.48. The summed E-state index contributed by atoms with van der Waals surface area (Å²) < 4.78 is 0. The van der Waals surface area contributed by atoms with Gasteiger partial charge in [0.05, 0.1) is 6.10 Å². The molecular weight excluding hydrogens is 264 g/mol. The van der Waals surface area contributed by atoms with Gasteiger partial charge in [-0.05, 0) is 44.8 Å². The van der Waals surface area contributed by atoms with Crippen LogP contribution in [-0.2, 0) is 6.42 Å². The number of aliphatic hydroxyl groups is 3. The maximum Gasteiger partial charge on any atom is 0.110 e. The standard InChI is InChI=1S/C18H16O3/c19-16-9-15-13(17(20)18(16)21)6-5-12-7-10-3-1-2-4-11(10)8-14(12)15/h1-8,16-21H,9H2/t16-,17-,18-/m0/s1. The van der Waals surface area contributed by atoms with Crippen LogP contribution in [0.15, 0.2) is 48.5 Å². The van der Waals surface area contributed by atoms with E-state index in [1.54, 1.807) is 0 Å². The van der Waals surface area contributed by atoms with Gasteiger partial charge < -0.3 is 15.3 Å². The number of fused-ring (bicyclic) bond motifs is 4. The summed E-state index contributed by atoms with van der Waals surface area (Å²) in [6.45, 7) is 0. The molecule has 3 heteroatoms. The van der Waals surface area contributed by atoms with Crippen molar-refractivity contribution in [2.45, 2.75) is 24.7 Å². The minimum absolute atomic E-state index is 0.364. The molecule has 0 saturated heterocycles. The van der Waals surface area contributed by atoms with Gasteiger partial charge in [0.1, 0.15) is 12.2 Å². The van der Waals surface area contributed by atoms with Crippen LogP contribution in [-0.4, -0.2) is 27.5 Å². The molecule has 0 radical (unpaired) electrons. The molecule has 0 aliphatic heterocycles. The first-order valence-electron chi connectivity index (χ1n) is 7.13. The molecular formula is C18H16O3. The fourth-order valence-electron chi connectivity index (χ4n) is 3.32. The molecule has 3 atom stereocenters. The van der Waals surface area contributed by atoms with Crippen molar-refractivity contribution in [3.63, 3.8) is 0 Å². The van der Waals surface area contributed by atoms with E-state index in [9.17, 15) is 15.3 Å². The second-order valence-electron chi connectivity index (χ2n) is 5.76. The Hall–Kier alpha value is -1.94. The molecule has 1 aliphatic rings. The molecule has 0 saturated carbocycles. The molecule has 0 bridgehead atoms. The summed E-state index contributed by atoms with van der Waals surface area (Å²) in [6, 6.07) is 16.2. The molecule has 0 amide bonds. The number of hydrogen-bond donors (Lipinski definition) is 3. The normalized spacial score (nSPS) is 25.2. The number of hydrogen-bond acceptors (Lipinski definition) is 3. The Labute approximate surface area is 122 Å². The summed E-state index contributed by atoms with van der Waals surface area (Å²) >= 11 is 0. The van der Waals surface area contributed by atoms with Crippen molar-refractivity contribution >= 4 is 21.5 Å². The third kappa shape index (κ3) is 1.86. The maximum absolute atomic E-state index is 10.2. The van der Waals surface area contributed by atoms with Crippen LogP contribution in [0.2, 0.25) is 0 Å². The molecule has 0 heterocycles. The number of benzene rings is 3. The predicted octanol–water partition coefficient (Wildman–Crippen LogP) is 2.30. The van der Waals surface area contributed by atoms with E-state index in [2.05, 4.69) is 24.3 Å². The van der Waals surface area contributed by atoms with E-state index in [0.29, 0.717) is 6.42 Å². The van der Waals surface area contributed by atoms with Crippen molar-refractivity contribution < 1.29 is 15.3 Å². The number of rotatable bonds is 0. The van der Waals surface area contributed by atoms with Gasteiger partial charge in [0.2, 0.25) is 0 Å². The van der Waals surface area contributed by atoms with Gasteiger partial charge in [0.25, 0.3) is 0 Å². The molecule has 0 unspecified atom stereocenters. The molecule has 106 valence electrons. The van der Waals surface area contributed by atoms with Crippen LogP contribution in [0.1, 0.15) is 17.2 Å². The smallest absolute Gasteiger partial charge is 0.110 e. The largest absolute Gasteiger partial charge is 0.390 e. The lowest BCUT2D eigenvalue weighted by atomic mass is 9.82. The Morgan fingerprint density at radius 2 is 1.52 bits per heavy atom. The van der Waals surface area contributed by atoms with E-state index in [0.717, 1.165) is 27.3 Å². The van der Waals surface area contributed by atoms with Crippen LogP contribution in [0.5, 0.6) is 0 Å². The topological polar surface area (TPSA) is 60.7 Å². The fraction of sp³-hybridized carbons (Fsp3) is 0.222. The van der Waals surface area contributed by atoms with Crippen molar-refractivity contribution in [2.24, 2.45) is 0 Å². The summed E-state index contributed by atoms with van der Waals surface area (Å²) in [7, 11) is 0. The summed E-state index contributed by atoms with van der Waals surface area (Å²) in [5.41, 5.74) is 1.65. The molecule has 4 rings (SSSR count). The molecule has 0 fully saturated rings. The Kier molecular flexibility index (Phi) is 2.76. The van der Waals surface area contributed by atoms with E-state index in [1.165, 1.54) is 5.39 Å². The summed E-state index contributed by atoms with van der Waals surface area (Å²) in [6.07, 6.45) is -2.71. The van der Waals surface area contributed by atoms with E-state index < -0.39 is 18.3 Å².